The van der Waals surface area contributed by atoms with E-state index in [1.165, 1.54) is 0 Å². The van der Waals surface area contributed by atoms with Crippen LogP contribution >= 0.6 is 0 Å². The van der Waals surface area contributed by atoms with E-state index in [1.807, 2.05) is 0 Å². The number of hydrogen-bond donors (Lipinski definition) is 1. The van der Waals surface area contributed by atoms with Gasteiger partial charge >= 0.3 is 5.97 Å². The summed E-state index contributed by atoms with van der Waals surface area (Å²) in [5.74, 6) is -1.63. The molecule has 5 nitrogen and oxygen atoms in total. The van der Waals surface area contributed by atoms with Gasteiger partial charge in [0, 0.05) is 12.0 Å². The standard InChI is InChI=1S/C14H14O5/c15-11(4-6-13(16)17)14(18)10-3-5-12-9(8-10)2-1-7-19-12/h3,5,8H,1-2,4,6-7H2,(H,16,17). The van der Waals surface area contributed by atoms with Crippen molar-refractivity contribution < 1.29 is 24.2 Å². The average molecular weight is 262 g/mol. The van der Waals surface area contributed by atoms with Crippen LogP contribution in [0, 0.1) is 0 Å². The fraction of sp³-hybridized carbons (Fsp3) is 0.357. The number of rotatable bonds is 5. The molecule has 1 heterocycles. The van der Waals surface area contributed by atoms with Gasteiger partial charge in [0.2, 0.25) is 11.6 Å². The monoisotopic (exact) mass is 262 g/mol. The van der Waals surface area contributed by atoms with Crippen molar-refractivity contribution in [2.75, 3.05) is 6.61 Å². The predicted molar refractivity (Wildman–Crippen MR) is 66.5 cm³/mol. The summed E-state index contributed by atoms with van der Waals surface area (Å²) in [4.78, 5) is 33.8. The summed E-state index contributed by atoms with van der Waals surface area (Å²) in [6.07, 6.45) is 1.12. The van der Waals surface area contributed by atoms with E-state index in [9.17, 15) is 14.4 Å². The number of aryl methyl sites for hydroxylation is 1. The lowest BCUT2D eigenvalue weighted by Gasteiger charge is -2.17. The van der Waals surface area contributed by atoms with Crippen molar-refractivity contribution in [1.82, 2.24) is 0 Å². The Morgan fingerprint density at radius 1 is 1.21 bits per heavy atom. The molecule has 1 aromatic carbocycles. The second-order valence-electron chi connectivity index (χ2n) is 4.42. The normalized spacial score (nSPS) is 13.3. The van der Waals surface area contributed by atoms with E-state index in [4.69, 9.17) is 9.84 Å². The van der Waals surface area contributed by atoms with E-state index in [0.717, 1.165) is 24.2 Å². The molecular formula is C14H14O5. The van der Waals surface area contributed by atoms with Gasteiger partial charge in [-0.3, -0.25) is 14.4 Å². The van der Waals surface area contributed by atoms with Gasteiger partial charge in [-0.25, -0.2) is 0 Å². The van der Waals surface area contributed by atoms with Crippen LogP contribution in [0.5, 0.6) is 5.75 Å². The van der Waals surface area contributed by atoms with E-state index >= 15 is 0 Å². The molecule has 0 atom stereocenters. The fourth-order valence-corrected chi connectivity index (χ4v) is 2.00. The maximum Gasteiger partial charge on any atom is 0.303 e. The highest BCUT2D eigenvalue weighted by atomic mass is 16.5. The van der Waals surface area contributed by atoms with E-state index in [0.29, 0.717) is 12.2 Å². The van der Waals surface area contributed by atoms with Crippen LogP contribution in [0.15, 0.2) is 18.2 Å². The maximum atomic E-state index is 11.9. The van der Waals surface area contributed by atoms with Gasteiger partial charge in [-0.2, -0.15) is 0 Å². The molecule has 0 saturated heterocycles. The van der Waals surface area contributed by atoms with Crippen LogP contribution in [-0.4, -0.2) is 29.2 Å². The summed E-state index contributed by atoms with van der Waals surface area (Å²) >= 11 is 0. The first-order valence-corrected chi connectivity index (χ1v) is 6.13. The molecule has 1 aromatic rings. The summed E-state index contributed by atoms with van der Waals surface area (Å²) in [6.45, 7) is 0.665. The molecule has 0 radical (unpaired) electrons. The first-order chi connectivity index (χ1) is 9.08. The number of carboxylic acid groups (broad SMARTS) is 1. The highest BCUT2D eigenvalue weighted by Gasteiger charge is 2.19. The van der Waals surface area contributed by atoms with Gasteiger partial charge in [-0.1, -0.05) is 0 Å². The zero-order valence-electron chi connectivity index (χ0n) is 10.3. The van der Waals surface area contributed by atoms with Crippen LogP contribution in [0.4, 0.5) is 0 Å². The Balaban J connectivity index is 2.10. The summed E-state index contributed by atoms with van der Waals surface area (Å²) in [5, 5.41) is 8.49. The highest BCUT2D eigenvalue weighted by molar-refractivity contribution is 6.43. The number of ether oxygens (including phenoxy) is 1. The van der Waals surface area contributed by atoms with Gasteiger partial charge in [0.1, 0.15) is 5.75 Å². The molecule has 5 heteroatoms. The molecule has 2 rings (SSSR count). The molecule has 0 unspecified atom stereocenters. The van der Waals surface area contributed by atoms with Crippen LogP contribution in [-0.2, 0) is 16.0 Å². The lowest BCUT2D eigenvalue weighted by molar-refractivity contribution is -0.138. The number of hydrogen-bond acceptors (Lipinski definition) is 4. The first-order valence-electron chi connectivity index (χ1n) is 6.13. The minimum absolute atomic E-state index is 0.262. The molecule has 1 aliphatic rings. The Labute approximate surface area is 110 Å². The Hall–Kier alpha value is -2.17. The molecule has 1 N–H and O–H groups in total. The minimum atomic E-state index is -1.08. The van der Waals surface area contributed by atoms with Crippen LogP contribution in [0.3, 0.4) is 0 Å². The Morgan fingerprint density at radius 2 is 2.00 bits per heavy atom. The molecule has 100 valence electrons. The van der Waals surface area contributed by atoms with E-state index < -0.39 is 17.5 Å². The molecule has 0 amide bonds. The predicted octanol–water partition coefficient (Wildman–Crippen LogP) is 1.63. The van der Waals surface area contributed by atoms with E-state index in [1.54, 1.807) is 18.2 Å². The molecule has 0 bridgehead atoms. The van der Waals surface area contributed by atoms with Crippen molar-refractivity contribution in [1.29, 1.82) is 0 Å². The molecule has 1 aliphatic heterocycles. The number of carboxylic acids is 1. The molecule has 0 fully saturated rings. The van der Waals surface area contributed by atoms with Gasteiger partial charge in [-0.15, -0.1) is 0 Å². The second-order valence-corrected chi connectivity index (χ2v) is 4.42. The fourth-order valence-electron chi connectivity index (χ4n) is 2.00. The lowest BCUT2D eigenvalue weighted by Crippen LogP contribution is -2.16. The number of Topliss-reactive ketones (excluding diaryl/α,β-unsaturated/α-hetero) is 2. The third-order valence-corrected chi connectivity index (χ3v) is 2.99. The Kier molecular flexibility index (Phi) is 3.94. The van der Waals surface area contributed by atoms with Crippen molar-refractivity contribution in [3.05, 3.63) is 29.3 Å². The third-order valence-electron chi connectivity index (χ3n) is 2.99. The quantitative estimate of drug-likeness (QED) is 0.644. The average Bonchev–Trinajstić information content (AvgIpc) is 2.43. The summed E-state index contributed by atoms with van der Waals surface area (Å²) in [6, 6.07) is 4.90. The highest BCUT2D eigenvalue weighted by Crippen LogP contribution is 2.25. The number of ketones is 2. The topological polar surface area (TPSA) is 80.7 Å². The second kappa shape index (κ2) is 5.65. The smallest absolute Gasteiger partial charge is 0.303 e. The van der Waals surface area contributed by atoms with Crippen LogP contribution in [0.25, 0.3) is 0 Å². The van der Waals surface area contributed by atoms with E-state index in [2.05, 4.69) is 0 Å². The zero-order chi connectivity index (χ0) is 13.8. The summed E-state index contributed by atoms with van der Waals surface area (Å²) in [5.41, 5.74) is 1.22. The van der Waals surface area contributed by atoms with Gasteiger partial charge in [0.05, 0.1) is 13.0 Å². The number of carbonyl (C=O) groups is 3. The molecule has 19 heavy (non-hydrogen) atoms. The number of carbonyl (C=O) groups excluding carboxylic acids is 2. The molecule has 0 aromatic heterocycles. The van der Waals surface area contributed by atoms with Crippen molar-refractivity contribution in [2.45, 2.75) is 25.7 Å². The van der Waals surface area contributed by atoms with Crippen molar-refractivity contribution in [2.24, 2.45) is 0 Å². The number of fused-ring (bicyclic) bond motifs is 1. The van der Waals surface area contributed by atoms with Crippen molar-refractivity contribution in [3.63, 3.8) is 0 Å². The minimum Gasteiger partial charge on any atom is -0.493 e. The van der Waals surface area contributed by atoms with Gasteiger partial charge < -0.3 is 9.84 Å². The lowest BCUT2D eigenvalue weighted by atomic mass is 9.98. The van der Waals surface area contributed by atoms with Crippen molar-refractivity contribution in [3.8, 4) is 5.75 Å². The number of benzene rings is 1. The summed E-state index contributed by atoms with van der Waals surface area (Å²) in [7, 11) is 0. The molecule has 0 spiro atoms. The zero-order valence-corrected chi connectivity index (χ0v) is 10.3. The Morgan fingerprint density at radius 3 is 2.74 bits per heavy atom. The van der Waals surface area contributed by atoms with Crippen molar-refractivity contribution >= 4 is 17.5 Å². The molecular weight excluding hydrogens is 248 g/mol. The van der Waals surface area contributed by atoms with Crippen LogP contribution < -0.4 is 4.74 Å². The van der Waals surface area contributed by atoms with Crippen LogP contribution in [0.1, 0.15) is 35.2 Å². The van der Waals surface area contributed by atoms with Gasteiger partial charge in [0.25, 0.3) is 0 Å². The Bertz CT molecular complexity index is 533. The molecule has 0 aliphatic carbocycles. The third kappa shape index (κ3) is 3.19. The number of aliphatic carboxylic acids is 1. The van der Waals surface area contributed by atoms with Gasteiger partial charge in [0.15, 0.2) is 0 Å². The van der Waals surface area contributed by atoms with Crippen LogP contribution in [0.2, 0.25) is 0 Å². The SMILES string of the molecule is O=C(O)CCC(=O)C(=O)c1ccc2c(c1)CCCO2. The molecule has 0 saturated carbocycles. The van der Waals surface area contributed by atoms with Gasteiger partial charge in [-0.05, 0) is 36.6 Å². The maximum absolute atomic E-state index is 11.9. The summed E-state index contributed by atoms with van der Waals surface area (Å²) < 4.78 is 5.42. The first kappa shape index (κ1) is 13.3. The van der Waals surface area contributed by atoms with E-state index in [-0.39, 0.29) is 12.8 Å². The largest absolute Gasteiger partial charge is 0.493 e.